The Hall–Kier alpha value is -7.66. The highest BCUT2D eigenvalue weighted by atomic mass is 32.1. The molecule has 2 nitrogen and oxygen atoms in total. The molecule has 14 rings (SSSR count). The fourth-order valence-corrected chi connectivity index (χ4v) is 13.5. The fraction of sp³-hybridized carbons (Fsp3) is 0.0492. The van der Waals surface area contributed by atoms with Gasteiger partial charge < -0.3 is 9.80 Å². The molecule has 0 radical (unpaired) electrons. The molecule has 4 aliphatic rings. The highest BCUT2D eigenvalue weighted by molar-refractivity contribution is 7.30. The maximum absolute atomic E-state index is 9.07. The van der Waals surface area contributed by atoms with Crippen LogP contribution in [0.15, 0.2) is 212 Å². The van der Waals surface area contributed by atoms with Crippen LogP contribution in [-0.4, -0.2) is 6.71 Å². The van der Waals surface area contributed by atoms with Gasteiger partial charge in [-0.15, -0.1) is 11.3 Å². The van der Waals surface area contributed by atoms with E-state index in [0.29, 0.717) is 5.56 Å². The van der Waals surface area contributed by atoms with E-state index in [9.17, 15) is 0 Å². The van der Waals surface area contributed by atoms with E-state index < -0.39 is 12.3 Å². The van der Waals surface area contributed by atoms with Crippen LogP contribution in [0, 0.1) is 13.8 Å². The molecule has 2 aliphatic heterocycles. The average Bonchev–Trinajstić information content (AvgIpc) is 4.01. The van der Waals surface area contributed by atoms with Gasteiger partial charge in [-0.25, -0.2) is 0 Å². The second-order valence-electron chi connectivity index (χ2n) is 17.8. The van der Waals surface area contributed by atoms with Crippen molar-refractivity contribution >= 4 is 67.9 Å². The van der Waals surface area contributed by atoms with Crippen LogP contribution in [0.2, 0.25) is 0 Å². The van der Waals surface area contributed by atoms with Crippen molar-refractivity contribution in [3.05, 3.63) is 245 Å². The maximum atomic E-state index is 9.07. The molecule has 0 bridgehead atoms. The first-order valence-corrected chi connectivity index (χ1v) is 23.3. The van der Waals surface area contributed by atoms with Crippen LogP contribution in [0.3, 0.4) is 0 Å². The number of hydrogen-bond acceptors (Lipinski definition) is 3. The van der Waals surface area contributed by atoms with Gasteiger partial charge in [0.2, 0.25) is 0 Å². The molecule has 304 valence electrons. The molecule has 0 saturated heterocycles. The van der Waals surface area contributed by atoms with Gasteiger partial charge in [0.1, 0.15) is 0 Å². The lowest BCUT2D eigenvalue weighted by atomic mass is 9.36. The van der Waals surface area contributed by atoms with Crippen LogP contribution in [-0.2, 0) is 5.41 Å². The van der Waals surface area contributed by atoms with Crippen LogP contribution in [0.5, 0.6) is 0 Å². The third-order valence-corrected chi connectivity index (χ3v) is 15.7. The van der Waals surface area contributed by atoms with Gasteiger partial charge in [-0.1, -0.05) is 175 Å². The maximum Gasteiger partial charge on any atom is 0.264 e. The molecule has 0 saturated carbocycles. The van der Waals surface area contributed by atoms with Gasteiger partial charge in [0, 0.05) is 47.8 Å². The van der Waals surface area contributed by atoms with Crippen molar-refractivity contribution in [3.8, 4) is 44.5 Å². The number of fused-ring (bicyclic) bond motifs is 15. The predicted octanol–water partition coefficient (Wildman–Crippen LogP) is 14.1. The number of benzene rings is 9. The summed E-state index contributed by atoms with van der Waals surface area (Å²) in [6, 6.07) is 76.4. The van der Waals surface area contributed by atoms with Crippen molar-refractivity contribution in [1.82, 2.24) is 0 Å². The molecular weight excluding hydrogens is 804 g/mol. The van der Waals surface area contributed by atoms with E-state index in [1.807, 2.05) is 29.5 Å². The summed E-state index contributed by atoms with van der Waals surface area (Å²) in [5.41, 5.74) is 22.6. The van der Waals surface area contributed by atoms with Crippen molar-refractivity contribution in [1.29, 1.82) is 0 Å². The smallest absolute Gasteiger partial charge is 0.264 e. The molecule has 10 aromatic rings. The second kappa shape index (κ2) is 13.7. The van der Waals surface area contributed by atoms with Gasteiger partial charge in [-0.2, -0.15) is 0 Å². The zero-order chi connectivity index (χ0) is 45.5. The minimum Gasteiger partial charge on any atom is -0.311 e. The van der Waals surface area contributed by atoms with E-state index in [1.54, 1.807) is 0 Å². The highest BCUT2D eigenvalue weighted by Gasteiger charge is 2.56. The SMILES string of the molecule is [2H]C([2H])([2H])c1cc2c3c(c1)N(c1ccccc1)c1c(sc4c1-c1ccccc1C41c4ccccc4-c4ccccc41)B3c1ccc(-c3cc(C)ccc3-c3ccccc3)cc1N2c1ccccc1. The number of anilines is 6. The summed E-state index contributed by atoms with van der Waals surface area (Å²) in [6.07, 6.45) is 0. The van der Waals surface area contributed by atoms with E-state index in [2.05, 4.69) is 211 Å². The van der Waals surface area contributed by atoms with Gasteiger partial charge in [0.25, 0.3) is 6.71 Å². The minimum atomic E-state index is -2.38. The first kappa shape index (κ1) is 33.8. The van der Waals surface area contributed by atoms with Crippen molar-refractivity contribution in [2.45, 2.75) is 19.2 Å². The molecule has 4 heteroatoms. The zero-order valence-corrected chi connectivity index (χ0v) is 36.4. The summed E-state index contributed by atoms with van der Waals surface area (Å²) in [6.45, 7) is -0.432. The summed E-state index contributed by atoms with van der Waals surface area (Å²) in [5.74, 6) is 0. The first-order chi connectivity index (χ1) is 33.3. The zero-order valence-electron chi connectivity index (χ0n) is 38.6. The molecule has 0 atom stereocenters. The van der Waals surface area contributed by atoms with E-state index in [4.69, 9.17) is 4.11 Å². The molecule has 3 heterocycles. The lowest BCUT2D eigenvalue weighted by Crippen LogP contribution is -2.60. The number of rotatable bonds is 4. The predicted molar refractivity (Wildman–Crippen MR) is 275 cm³/mol. The minimum absolute atomic E-state index is 0.206. The molecule has 65 heavy (non-hydrogen) atoms. The molecule has 0 N–H and O–H groups in total. The van der Waals surface area contributed by atoms with Crippen molar-refractivity contribution in [2.24, 2.45) is 0 Å². The average molecular weight is 848 g/mol. The van der Waals surface area contributed by atoms with Crippen LogP contribution < -0.4 is 25.5 Å². The Labute approximate surface area is 388 Å². The van der Waals surface area contributed by atoms with Crippen LogP contribution in [0.25, 0.3) is 44.5 Å². The number of nitrogens with zero attached hydrogens (tertiary/aromatic N) is 2. The molecule has 1 aromatic heterocycles. The molecule has 9 aromatic carbocycles. The van der Waals surface area contributed by atoms with E-state index >= 15 is 0 Å². The Morgan fingerprint density at radius 3 is 1.69 bits per heavy atom. The van der Waals surface area contributed by atoms with Gasteiger partial charge >= 0.3 is 0 Å². The number of thiophene rings is 1. The molecule has 2 aliphatic carbocycles. The summed E-state index contributed by atoms with van der Waals surface area (Å²) in [5, 5.41) is 0. The topological polar surface area (TPSA) is 6.48 Å². The lowest BCUT2D eigenvalue weighted by molar-refractivity contribution is 0.811. The largest absolute Gasteiger partial charge is 0.311 e. The Balaban J connectivity index is 1.12. The van der Waals surface area contributed by atoms with Gasteiger partial charge in [0.15, 0.2) is 0 Å². The Kier molecular flexibility index (Phi) is 7.12. The monoisotopic (exact) mass is 847 g/mol. The van der Waals surface area contributed by atoms with Gasteiger partial charge in [-0.05, 0) is 128 Å². The van der Waals surface area contributed by atoms with Crippen molar-refractivity contribution in [2.75, 3.05) is 9.80 Å². The number of para-hydroxylation sites is 2. The molecule has 1 spiro atoms. The third kappa shape index (κ3) is 4.95. The normalized spacial score (nSPS) is 14.9. The number of hydrogen-bond donors (Lipinski definition) is 0. The molecule has 0 fully saturated rings. The Morgan fingerprint density at radius 1 is 0.462 bits per heavy atom. The molecular formula is C61H41BN2S. The third-order valence-electron chi connectivity index (χ3n) is 14.4. The lowest BCUT2D eigenvalue weighted by Gasteiger charge is -2.43. The van der Waals surface area contributed by atoms with Crippen LogP contribution in [0.1, 0.15) is 36.8 Å². The first-order valence-electron chi connectivity index (χ1n) is 24.0. The van der Waals surface area contributed by atoms with E-state index in [-0.39, 0.29) is 6.71 Å². The van der Waals surface area contributed by atoms with E-state index in [0.717, 1.165) is 56.3 Å². The standard InChI is InChI=1S/C61H41BN2S/c1-38-30-32-44(40-18-6-3-7-19-40)48(34-38)41-31-33-52-53(37-41)63(42-20-8-4-9-21-42)54-35-39(2)36-55-57(54)62(52)60-58(64(55)43-22-10-5-11-23-43)56-47-26-14-17-29-51(47)61(59(56)65-60)49-27-15-12-24-45(49)46-25-13-16-28-50(46)61/h3-37H,1-2H3/i2D3. The number of aryl methyl sites for hydroxylation is 2. The summed E-state index contributed by atoms with van der Waals surface area (Å²) in [4.78, 5) is 6.04. The second-order valence-corrected chi connectivity index (χ2v) is 18.8. The van der Waals surface area contributed by atoms with Crippen molar-refractivity contribution in [3.63, 3.8) is 0 Å². The summed E-state index contributed by atoms with van der Waals surface area (Å²) < 4.78 is 28.5. The van der Waals surface area contributed by atoms with Crippen LogP contribution in [0.4, 0.5) is 34.1 Å². The molecule has 0 unspecified atom stereocenters. The Morgan fingerprint density at radius 2 is 1.03 bits per heavy atom. The Bertz CT molecular complexity index is 3670. The van der Waals surface area contributed by atoms with E-state index in [1.165, 1.54) is 65.2 Å². The quantitative estimate of drug-likeness (QED) is 0.163. The van der Waals surface area contributed by atoms with Gasteiger partial charge in [0.05, 0.1) is 11.1 Å². The van der Waals surface area contributed by atoms with Crippen LogP contribution >= 0.6 is 11.3 Å². The highest BCUT2D eigenvalue weighted by Crippen LogP contribution is 2.67. The molecule has 0 amide bonds. The van der Waals surface area contributed by atoms with Gasteiger partial charge in [-0.3, -0.25) is 0 Å². The fourth-order valence-electron chi connectivity index (χ4n) is 11.9. The van der Waals surface area contributed by atoms with Crippen molar-refractivity contribution < 1.29 is 4.11 Å². The summed E-state index contributed by atoms with van der Waals surface area (Å²) >= 11 is 1.94. The summed E-state index contributed by atoms with van der Waals surface area (Å²) in [7, 11) is 0.